The van der Waals surface area contributed by atoms with Crippen LogP contribution in [-0.4, -0.2) is 99.5 Å². The second kappa shape index (κ2) is 15.7. The van der Waals surface area contributed by atoms with Crippen LogP contribution in [0.5, 0.6) is 5.75 Å². The summed E-state index contributed by atoms with van der Waals surface area (Å²) in [5, 5.41) is 17.9. The fourth-order valence-corrected chi connectivity index (χ4v) is 7.63. The zero-order chi connectivity index (χ0) is 38.8. The quantitative estimate of drug-likeness (QED) is 0.211. The van der Waals surface area contributed by atoms with E-state index in [4.69, 9.17) is 4.74 Å². The fraction of sp³-hybridized carbons (Fsp3) is 0.375. The highest BCUT2D eigenvalue weighted by Gasteiger charge is 2.39. The molecule has 0 spiro atoms. The summed E-state index contributed by atoms with van der Waals surface area (Å²) in [4.78, 5) is 93.1. The Morgan fingerprint density at radius 2 is 1.71 bits per heavy atom. The number of carbonyl (C=O) groups excluding carboxylic acids is 6. The van der Waals surface area contributed by atoms with Crippen LogP contribution < -0.4 is 20.7 Å². The molecule has 5 amide bonds. The number of aromatic carboxylic acids is 1. The molecule has 0 aromatic heterocycles. The Balaban J connectivity index is 0.875. The standard InChI is InChI=1S/C40H42N6O9/c1-23-16-26(21-41-30-5-3-2-4-27(30)40(53)54)37-29(17-23)32(47)19-36(55-37)45-14-12-44(13-15-45)35(50)11-10-33(48)42-20-24-6-7-25-22-46(39(52)28(25)18-24)31-8-9-34(49)43-38(31)51/h2-7,16-18,31,36,41H,8-15,19-22H2,1H3,(H,42,48)(H,53,54)(H,43,49,51). The summed E-state index contributed by atoms with van der Waals surface area (Å²) >= 11 is 0. The first-order chi connectivity index (χ1) is 26.4. The molecule has 3 aromatic rings. The Kier molecular flexibility index (Phi) is 10.6. The minimum Gasteiger partial charge on any atom is -0.478 e. The molecule has 0 bridgehead atoms. The van der Waals surface area contributed by atoms with E-state index in [9.17, 15) is 38.7 Å². The molecule has 7 rings (SSSR count). The second-order valence-electron chi connectivity index (χ2n) is 14.3. The molecule has 0 radical (unpaired) electrons. The number of hydrogen-bond donors (Lipinski definition) is 4. The number of benzene rings is 3. The van der Waals surface area contributed by atoms with Crippen molar-refractivity contribution in [3.8, 4) is 5.75 Å². The van der Waals surface area contributed by atoms with Gasteiger partial charge >= 0.3 is 5.97 Å². The third kappa shape index (κ3) is 8.06. The molecule has 2 fully saturated rings. The molecule has 2 saturated heterocycles. The van der Waals surface area contributed by atoms with Crippen molar-refractivity contribution >= 4 is 47.0 Å². The summed E-state index contributed by atoms with van der Waals surface area (Å²) in [6.07, 6.45) is 0.122. The topological polar surface area (TPSA) is 195 Å². The summed E-state index contributed by atoms with van der Waals surface area (Å²) in [5.74, 6) is -2.18. The molecule has 2 unspecified atom stereocenters. The number of piperazine rings is 1. The summed E-state index contributed by atoms with van der Waals surface area (Å²) in [5.41, 5.74) is 4.66. The fourth-order valence-electron chi connectivity index (χ4n) is 7.63. The van der Waals surface area contributed by atoms with Gasteiger partial charge in [-0.2, -0.15) is 0 Å². The number of anilines is 1. The lowest BCUT2D eigenvalue weighted by atomic mass is 9.96. The van der Waals surface area contributed by atoms with Gasteiger partial charge in [-0.15, -0.1) is 0 Å². The molecule has 4 heterocycles. The number of ketones is 1. The van der Waals surface area contributed by atoms with Crippen LogP contribution in [0.2, 0.25) is 0 Å². The maximum absolute atomic E-state index is 13.3. The molecule has 15 heteroatoms. The van der Waals surface area contributed by atoms with Gasteiger partial charge in [-0.1, -0.05) is 30.3 Å². The van der Waals surface area contributed by atoms with Gasteiger partial charge in [0.15, 0.2) is 12.0 Å². The van der Waals surface area contributed by atoms with E-state index in [2.05, 4.69) is 16.0 Å². The summed E-state index contributed by atoms with van der Waals surface area (Å²) in [7, 11) is 0. The van der Waals surface area contributed by atoms with Gasteiger partial charge in [-0.05, 0) is 54.3 Å². The first-order valence-electron chi connectivity index (χ1n) is 18.4. The molecule has 4 aliphatic heterocycles. The van der Waals surface area contributed by atoms with E-state index in [1.165, 1.54) is 11.0 Å². The molecular formula is C40H42N6O9. The van der Waals surface area contributed by atoms with Crippen molar-refractivity contribution in [2.45, 2.75) is 70.9 Å². The van der Waals surface area contributed by atoms with Crippen molar-refractivity contribution in [3.05, 3.63) is 93.5 Å². The molecular weight excluding hydrogens is 708 g/mol. The predicted octanol–water partition coefficient (Wildman–Crippen LogP) is 2.60. The lowest BCUT2D eigenvalue weighted by Crippen LogP contribution is -2.54. The average Bonchev–Trinajstić information content (AvgIpc) is 3.50. The van der Waals surface area contributed by atoms with Crippen LogP contribution in [0, 0.1) is 6.92 Å². The Bertz CT molecular complexity index is 2090. The predicted molar refractivity (Wildman–Crippen MR) is 197 cm³/mol. The van der Waals surface area contributed by atoms with Crippen molar-refractivity contribution in [3.63, 3.8) is 0 Å². The van der Waals surface area contributed by atoms with Crippen molar-refractivity contribution in [2.75, 3.05) is 31.5 Å². The number of amides is 5. The number of carboxylic acids is 1. The molecule has 2 atom stereocenters. The lowest BCUT2D eigenvalue weighted by molar-refractivity contribution is -0.137. The van der Waals surface area contributed by atoms with E-state index in [0.29, 0.717) is 54.3 Å². The van der Waals surface area contributed by atoms with Gasteiger partial charge in [0.2, 0.25) is 23.6 Å². The van der Waals surface area contributed by atoms with Gasteiger partial charge in [-0.25, -0.2) is 4.79 Å². The van der Waals surface area contributed by atoms with Gasteiger partial charge in [0.1, 0.15) is 11.8 Å². The van der Waals surface area contributed by atoms with Crippen molar-refractivity contribution < 1.29 is 43.4 Å². The monoisotopic (exact) mass is 750 g/mol. The maximum Gasteiger partial charge on any atom is 0.337 e. The van der Waals surface area contributed by atoms with E-state index in [-0.39, 0.29) is 86.7 Å². The van der Waals surface area contributed by atoms with Crippen LogP contribution >= 0.6 is 0 Å². The second-order valence-corrected chi connectivity index (χ2v) is 14.3. The van der Waals surface area contributed by atoms with Crippen LogP contribution in [0.15, 0.2) is 54.6 Å². The minimum atomic E-state index is -1.05. The first-order valence-corrected chi connectivity index (χ1v) is 18.4. The highest BCUT2D eigenvalue weighted by atomic mass is 16.5. The molecule has 3 aromatic carbocycles. The van der Waals surface area contributed by atoms with Crippen LogP contribution in [0.25, 0.3) is 0 Å². The van der Waals surface area contributed by atoms with Crippen molar-refractivity contribution in [2.24, 2.45) is 0 Å². The third-order valence-corrected chi connectivity index (χ3v) is 10.6. The summed E-state index contributed by atoms with van der Waals surface area (Å²) in [6, 6.07) is 15.0. The van der Waals surface area contributed by atoms with Crippen LogP contribution in [-0.2, 0) is 38.8 Å². The Morgan fingerprint density at radius 3 is 2.47 bits per heavy atom. The van der Waals surface area contributed by atoms with E-state index in [1.54, 1.807) is 41.3 Å². The number of hydrogen-bond acceptors (Lipinski definition) is 10. The van der Waals surface area contributed by atoms with Gasteiger partial charge in [0.25, 0.3) is 5.91 Å². The normalized spacial score (nSPS) is 19.7. The van der Waals surface area contributed by atoms with Gasteiger partial charge < -0.3 is 30.3 Å². The van der Waals surface area contributed by atoms with E-state index < -0.39 is 24.1 Å². The Labute approximate surface area is 317 Å². The van der Waals surface area contributed by atoms with Gasteiger partial charge in [0, 0.05) is 81.9 Å². The smallest absolute Gasteiger partial charge is 0.337 e. The molecule has 4 aliphatic rings. The van der Waals surface area contributed by atoms with Crippen LogP contribution in [0.3, 0.4) is 0 Å². The van der Waals surface area contributed by atoms with E-state index >= 15 is 0 Å². The minimum absolute atomic E-state index is 0.00357. The highest BCUT2D eigenvalue weighted by molar-refractivity contribution is 6.05. The molecule has 55 heavy (non-hydrogen) atoms. The number of ether oxygens (including phenoxy) is 1. The SMILES string of the molecule is Cc1cc(CNc2ccccc2C(=O)O)c2c(c1)C(=O)CC(N1CCN(C(=O)CCC(=O)NCc3ccc4c(c3)C(=O)N(C3CCC(=O)NC3=O)C4)CC1)O2. The largest absolute Gasteiger partial charge is 0.478 e. The number of rotatable bonds is 11. The summed E-state index contributed by atoms with van der Waals surface area (Å²) in [6.45, 7) is 4.37. The third-order valence-electron chi connectivity index (χ3n) is 10.6. The number of piperidine rings is 1. The maximum atomic E-state index is 13.3. The number of carboxylic acid groups (broad SMARTS) is 1. The number of carbonyl (C=O) groups is 7. The van der Waals surface area contributed by atoms with Crippen LogP contribution in [0.1, 0.15) is 85.4 Å². The van der Waals surface area contributed by atoms with E-state index in [1.807, 2.05) is 24.0 Å². The number of fused-ring (bicyclic) bond motifs is 2. The van der Waals surface area contributed by atoms with E-state index in [0.717, 1.165) is 16.7 Å². The van der Waals surface area contributed by atoms with Gasteiger partial charge in [0.05, 0.1) is 17.5 Å². The molecule has 15 nitrogen and oxygen atoms in total. The zero-order valence-electron chi connectivity index (χ0n) is 30.4. The Hall–Kier alpha value is -6.09. The molecule has 0 aliphatic carbocycles. The summed E-state index contributed by atoms with van der Waals surface area (Å²) < 4.78 is 6.45. The zero-order valence-corrected chi connectivity index (χ0v) is 30.4. The molecule has 4 N–H and O–H groups in total. The number of nitrogens with zero attached hydrogens (tertiary/aromatic N) is 3. The number of para-hydroxylation sites is 1. The van der Waals surface area contributed by atoms with Gasteiger partial charge in [-0.3, -0.25) is 39.0 Å². The number of Topliss-reactive ketones (excluding diaryl/α,β-unsaturated/α-hetero) is 1. The lowest BCUT2D eigenvalue weighted by Gasteiger charge is -2.40. The molecule has 0 saturated carbocycles. The van der Waals surface area contributed by atoms with Crippen molar-refractivity contribution in [1.29, 1.82) is 0 Å². The molecule has 286 valence electrons. The number of aryl methyl sites for hydroxylation is 1. The number of nitrogens with one attached hydrogen (secondary N) is 3. The Morgan fingerprint density at radius 1 is 0.927 bits per heavy atom. The average molecular weight is 751 g/mol. The van der Waals surface area contributed by atoms with Crippen LogP contribution in [0.4, 0.5) is 5.69 Å². The first kappa shape index (κ1) is 37.2. The number of imide groups is 1. The van der Waals surface area contributed by atoms with Crippen molar-refractivity contribution in [1.82, 2.24) is 25.3 Å². The highest BCUT2D eigenvalue weighted by Crippen LogP contribution is 2.35.